The number of hydrogen-bond donors (Lipinski definition) is 0. The molecular formula is C18H15FN2O2S. The van der Waals surface area contributed by atoms with Crippen LogP contribution in [0.15, 0.2) is 66.3 Å². The smallest absolute Gasteiger partial charge is 0.265 e. The van der Waals surface area contributed by atoms with E-state index in [1.807, 2.05) is 23.6 Å². The number of ether oxygens (including phenoxy) is 1. The van der Waals surface area contributed by atoms with Crippen molar-refractivity contribution in [1.29, 1.82) is 0 Å². The van der Waals surface area contributed by atoms with Crippen molar-refractivity contribution in [3.05, 3.63) is 77.0 Å². The first kappa shape index (κ1) is 16.1. The van der Waals surface area contributed by atoms with Crippen LogP contribution in [0.5, 0.6) is 5.75 Å². The molecule has 2 heterocycles. The Kier molecular flexibility index (Phi) is 5.18. The molecule has 3 rings (SSSR count). The lowest BCUT2D eigenvalue weighted by Crippen LogP contribution is -2.34. The van der Waals surface area contributed by atoms with Gasteiger partial charge in [-0.05, 0) is 47.8 Å². The van der Waals surface area contributed by atoms with Crippen LogP contribution in [0.3, 0.4) is 0 Å². The van der Waals surface area contributed by atoms with Gasteiger partial charge in [0.15, 0.2) is 6.61 Å². The Bertz CT molecular complexity index is 777. The van der Waals surface area contributed by atoms with Gasteiger partial charge in [0.1, 0.15) is 11.6 Å². The zero-order valence-corrected chi connectivity index (χ0v) is 13.6. The molecule has 0 unspecified atom stereocenters. The van der Waals surface area contributed by atoms with Crippen molar-refractivity contribution in [1.82, 2.24) is 4.98 Å². The van der Waals surface area contributed by atoms with Gasteiger partial charge in [-0.3, -0.25) is 9.78 Å². The summed E-state index contributed by atoms with van der Waals surface area (Å²) >= 11 is 1.58. The van der Waals surface area contributed by atoms with Gasteiger partial charge in [0.05, 0.1) is 18.4 Å². The van der Waals surface area contributed by atoms with E-state index in [2.05, 4.69) is 4.98 Å². The molecule has 0 bridgehead atoms. The van der Waals surface area contributed by atoms with E-state index < -0.39 is 0 Å². The van der Waals surface area contributed by atoms with Crippen LogP contribution in [0.2, 0.25) is 0 Å². The molecule has 0 radical (unpaired) electrons. The highest BCUT2D eigenvalue weighted by molar-refractivity contribution is 7.09. The van der Waals surface area contributed by atoms with Crippen molar-refractivity contribution in [3.63, 3.8) is 0 Å². The molecule has 6 heteroatoms. The second kappa shape index (κ2) is 7.70. The SMILES string of the molecule is O=C(COc1ccc(F)cc1)N(Cc1cccs1)c1cccnc1. The molecule has 24 heavy (non-hydrogen) atoms. The second-order valence-corrected chi connectivity index (χ2v) is 6.05. The number of anilines is 1. The maximum atomic E-state index is 12.9. The van der Waals surface area contributed by atoms with Crippen molar-refractivity contribution in [2.75, 3.05) is 11.5 Å². The zero-order chi connectivity index (χ0) is 16.8. The molecule has 0 fully saturated rings. The highest BCUT2D eigenvalue weighted by atomic mass is 32.1. The molecule has 1 aromatic carbocycles. The minimum absolute atomic E-state index is 0.133. The third-order valence-corrected chi connectivity index (χ3v) is 4.19. The van der Waals surface area contributed by atoms with Crippen LogP contribution >= 0.6 is 11.3 Å². The Labute approximate surface area is 143 Å². The Morgan fingerprint density at radius 3 is 2.67 bits per heavy atom. The van der Waals surface area contributed by atoms with Crippen LogP contribution in [0.25, 0.3) is 0 Å². The predicted molar refractivity (Wildman–Crippen MR) is 91.6 cm³/mol. The molecule has 0 atom stereocenters. The highest BCUT2D eigenvalue weighted by Crippen LogP contribution is 2.19. The normalized spacial score (nSPS) is 10.4. The number of benzene rings is 1. The van der Waals surface area contributed by atoms with Crippen molar-refractivity contribution < 1.29 is 13.9 Å². The summed E-state index contributed by atoms with van der Waals surface area (Å²) in [6.45, 7) is 0.320. The number of aromatic nitrogens is 1. The van der Waals surface area contributed by atoms with Crippen LogP contribution in [0.4, 0.5) is 10.1 Å². The monoisotopic (exact) mass is 342 g/mol. The van der Waals surface area contributed by atoms with Crippen molar-refractivity contribution in [2.45, 2.75) is 6.54 Å². The lowest BCUT2D eigenvalue weighted by Gasteiger charge is -2.22. The number of halogens is 1. The molecule has 0 spiro atoms. The maximum absolute atomic E-state index is 12.9. The number of amides is 1. The summed E-state index contributed by atoms with van der Waals surface area (Å²) in [5, 5.41) is 1.97. The van der Waals surface area contributed by atoms with E-state index in [1.165, 1.54) is 24.3 Å². The maximum Gasteiger partial charge on any atom is 0.265 e. The molecule has 0 saturated heterocycles. The molecule has 0 saturated carbocycles. The Hall–Kier alpha value is -2.73. The fourth-order valence-corrected chi connectivity index (χ4v) is 2.84. The largest absolute Gasteiger partial charge is 0.484 e. The number of rotatable bonds is 6. The van der Waals surface area contributed by atoms with E-state index >= 15 is 0 Å². The molecule has 2 aromatic heterocycles. The first-order valence-electron chi connectivity index (χ1n) is 7.33. The van der Waals surface area contributed by atoms with E-state index in [9.17, 15) is 9.18 Å². The fraction of sp³-hybridized carbons (Fsp3) is 0.111. The molecule has 0 aliphatic heterocycles. The van der Waals surface area contributed by atoms with Crippen LogP contribution in [-0.2, 0) is 11.3 Å². The average molecular weight is 342 g/mol. The van der Waals surface area contributed by atoms with E-state index in [0.717, 1.165) is 4.88 Å². The summed E-state index contributed by atoms with van der Waals surface area (Å²) in [5.41, 5.74) is 0.707. The molecule has 122 valence electrons. The summed E-state index contributed by atoms with van der Waals surface area (Å²) in [5.74, 6) is -0.0870. The van der Waals surface area contributed by atoms with Gasteiger partial charge in [0, 0.05) is 11.1 Å². The summed E-state index contributed by atoms with van der Waals surface area (Å²) in [7, 11) is 0. The van der Waals surface area contributed by atoms with E-state index in [1.54, 1.807) is 34.7 Å². The molecule has 4 nitrogen and oxygen atoms in total. The minimum atomic E-state index is -0.344. The van der Waals surface area contributed by atoms with E-state index in [4.69, 9.17) is 4.74 Å². The van der Waals surface area contributed by atoms with Crippen LogP contribution in [0.1, 0.15) is 4.88 Å². The Morgan fingerprint density at radius 1 is 1.17 bits per heavy atom. The third kappa shape index (κ3) is 4.17. The number of thiophene rings is 1. The standard InChI is InChI=1S/C18H15FN2O2S/c19-14-5-7-16(8-6-14)23-13-18(22)21(12-17-4-2-10-24-17)15-3-1-9-20-11-15/h1-11H,12-13H2. The predicted octanol–water partition coefficient (Wildman–Crippen LogP) is 3.89. The quantitative estimate of drug-likeness (QED) is 0.682. The summed E-state index contributed by atoms with van der Waals surface area (Å²) in [6.07, 6.45) is 3.30. The summed E-state index contributed by atoms with van der Waals surface area (Å²) < 4.78 is 18.4. The molecule has 1 amide bonds. The number of pyridine rings is 1. The van der Waals surface area contributed by atoms with E-state index in [0.29, 0.717) is 18.0 Å². The van der Waals surface area contributed by atoms with Gasteiger partial charge in [-0.25, -0.2) is 4.39 Å². The molecule has 3 aromatic rings. The number of carbonyl (C=O) groups is 1. The van der Waals surface area contributed by atoms with Crippen molar-refractivity contribution >= 4 is 22.9 Å². The van der Waals surface area contributed by atoms with Crippen LogP contribution in [-0.4, -0.2) is 17.5 Å². The van der Waals surface area contributed by atoms with Crippen LogP contribution < -0.4 is 9.64 Å². The first-order valence-corrected chi connectivity index (χ1v) is 8.21. The number of nitrogens with zero attached hydrogens (tertiary/aromatic N) is 2. The van der Waals surface area contributed by atoms with Gasteiger partial charge in [-0.1, -0.05) is 6.07 Å². The Balaban J connectivity index is 1.72. The van der Waals surface area contributed by atoms with Gasteiger partial charge in [-0.15, -0.1) is 11.3 Å². The zero-order valence-electron chi connectivity index (χ0n) is 12.8. The fourth-order valence-electron chi connectivity index (χ4n) is 2.15. The summed E-state index contributed by atoms with van der Waals surface area (Å²) in [6, 6.07) is 13.1. The lowest BCUT2D eigenvalue weighted by atomic mass is 10.3. The molecule has 0 aliphatic carbocycles. The van der Waals surface area contributed by atoms with Crippen LogP contribution in [0, 0.1) is 5.82 Å². The average Bonchev–Trinajstić information content (AvgIpc) is 3.13. The number of hydrogen-bond acceptors (Lipinski definition) is 4. The van der Waals surface area contributed by atoms with Crippen molar-refractivity contribution in [2.24, 2.45) is 0 Å². The molecule has 0 aliphatic rings. The van der Waals surface area contributed by atoms with Gasteiger partial charge in [0.2, 0.25) is 0 Å². The minimum Gasteiger partial charge on any atom is -0.484 e. The second-order valence-electron chi connectivity index (χ2n) is 5.01. The summed E-state index contributed by atoms with van der Waals surface area (Å²) in [4.78, 5) is 19.4. The molecular weight excluding hydrogens is 327 g/mol. The first-order chi connectivity index (χ1) is 11.7. The van der Waals surface area contributed by atoms with Gasteiger partial charge < -0.3 is 9.64 Å². The third-order valence-electron chi connectivity index (χ3n) is 3.33. The number of carbonyl (C=O) groups excluding carboxylic acids is 1. The Morgan fingerprint density at radius 2 is 2.00 bits per heavy atom. The van der Waals surface area contributed by atoms with Crippen molar-refractivity contribution in [3.8, 4) is 5.75 Å². The highest BCUT2D eigenvalue weighted by Gasteiger charge is 2.17. The lowest BCUT2D eigenvalue weighted by molar-refractivity contribution is -0.120. The topological polar surface area (TPSA) is 42.4 Å². The van der Waals surface area contributed by atoms with E-state index in [-0.39, 0.29) is 18.3 Å². The van der Waals surface area contributed by atoms with Gasteiger partial charge in [0.25, 0.3) is 5.91 Å². The van der Waals surface area contributed by atoms with Gasteiger partial charge >= 0.3 is 0 Å². The van der Waals surface area contributed by atoms with Gasteiger partial charge in [-0.2, -0.15) is 0 Å². The molecule has 0 N–H and O–H groups in total.